The second-order valence-corrected chi connectivity index (χ2v) is 6.00. The third kappa shape index (κ3) is 1.33. The maximum Gasteiger partial charge on any atom is 0.126 e. The van der Waals surface area contributed by atoms with Gasteiger partial charge in [-0.2, -0.15) is 0 Å². The van der Waals surface area contributed by atoms with Gasteiger partial charge in [0.15, 0.2) is 0 Å². The van der Waals surface area contributed by atoms with Crippen LogP contribution in [-0.2, 0) is 4.74 Å². The standard InChI is InChI=1S/C16H18O2/c1-16-7-6-11-8-17-9-13(11)15(16)12-4-2-3-5-14(12)18-10-16/h2-5,11H,6-10H2,1H3/t11-,16+/m0/s1. The molecule has 1 fully saturated rings. The summed E-state index contributed by atoms with van der Waals surface area (Å²) in [6, 6.07) is 8.46. The van der Waals surface area contributed by atoms with Crippen molar-refractivity contribution in [1.29, 1.82) is 0 Å². The Kier molecular flexibility index (Phi) is 2.13. The van der Waals surface area contributed by atoms with Gasteiger partial charge in [-0.3, -0.25) is 0 Å². The van der Waals surface area contributed by atoms with Crippen molar-refractivity contribution >= 4 is 5.57 Å². The summed E-state index contributed by atoms with van der Waals surface area (Å²) < 4.78 is 11.7. The van der Waals surface area contributed by atoms with Crippen molar-refractivity contribution in [2.24, 2.45) is 11.3 Å². The Morgan fingerprint density at radius 3 is 3.11 bits per heavy atom. The summed E-state index contributed by atoms with van der Waals surface area (Å²) >= 11 is 0. The largest absolute Gasteiger partial charge is 0.492 e. The van der Waals surface area contributed by atoms with Crippen LogP contribution in [0.1, 0.15) is 25.3 Å². The first kappa shape index (κ1) is 10.6. The number of para-hydroxylation sites is 1. The van der Waals surface area contributed by atoms with Crippen LogP contribution in [0.25, 0.3) is 5.57 Å². The van der Waals surface area contributed by atoms with E-state index in [1.54, 1.807) is 5.57 Å². The maximum atomic E-state index is 5.97. The van der Waals surface area contributed by atoms with Crippen molar-refractivity contribution in [2.75, 3.05) is 19.8 Å². The summed E-state index contributed by atoms with van der Waals surface area (Å²) in [7, 11) is 0. The van der Waals surface area contributed by atoms with Crippen LogP contribution in [-0.4, -0.2) is 19.8 Å². The Balaban J connectivity index is 1.97. The number of hydrogen-bond donors (Lipinski definition) is 0. The molecule has 0 radical (unpaired) electrons. The van der Waals surface area contributed by atoms with Gasteiger partial charge in [0.25, 0.3) is 0 Å². The van der Waals surface area contributed by atoms with E-state index < -0.39 is 0 Å². The molecule has 4 rings (SSSR count). The minimum absolute atomic E-state index is 0.188. The smallest absolute Gasteiger partial charge is 0.126 e. The van der Waals surface area contributed by atoms with Crippen LogP contribution >= 0.6 is 0 Å². The van der Waals surface area contributed by atoms with Gasteiger partial charge in [0, 0.05) is 16.9 Å². The second-order valence-electron chi connectivity index (χ2n) is 6.00. The lowest BCUT2D eigenvalue weighted by Gasteiger charge is -2.43. The summed E-state index contributed by atoms with van der Waals surface area (Å²) in [5, 5.41) is 0. The van der Waals surface area contributed by atoms with Crippen molar-refractivity contribution in [3.8, 4) is 5.75 Å². The molecule has 2 atom stereocenters. The number of benzene rings is 1. The minimum Gasteiger partial charge on any atom is -0.492 e. The van der Waals surface area contributed by atoms with Crippen LogP contribution in [0, 0.1) is 11.3 Å². The summed E-state index contributed by atoms with van der Waals surface area (Å²) in [5.74, 6) is 1.70. The molecule has 0 unspecified atom stereocenters. The number of hydrogen-bond acceptors (Lipinski definition) is 2. The van der Waals surface area contributed by atoms with E-state index in [1.807, 2.05) is 0 Å². The summed E-state index contributed by atoms with van der Waals surface area (Å²) in [4.78, 5) is 0. The molecule has 0 spiro atoms. The van der Waals surface area contributed by atoms with Gasteiger partial charge >= 0.3 is 0 Å². The first-order chi connectivity index (χ1) is 8.78. The van der Waals surface area contributed by atoms with Crippen molar-refractivity contribution in [2.45, 2.75) is 19.8 Å². The van der Waals surface area contributed by atoms with Gasteiger partial charge in [-0.05, 0) is 30.1 Å². The molecule has 1 aromatic carbocycles. The summed E-state index contributed by atoms with van der Waals surface area (Å²) in [6.45, 7) is 4.90. The molecule has 0 amide bonds. The van der Waals surface area contributed by atoms with Crippen LogP contribution in [0.5, 0.6) is 5.75 Å². The molecule has 1 aromatic rings. The van der Waals surface area contributed by atoms with Crippen molar-refractivity contribution in [3.05, 3.63) is 35.4 Å². The highest BCUT2D eigenvalue weighted by atomic mass is 16.5. The molecular formula is C16H18O2. The zero-order chi connectivity index (χ0) is 12.2. The highest BCUT2D eigenvalue weighted by Gasteiger charge is 2.44. The average molecular weight is 242 g/mol. The molecule has 0 bridgehead atoms. The molecule has 94 valence electrons. The fraction of sp³-hybridized carbons (Fsp3) is 0.500. The molecule has 3 aliphatic rings. The molecule has 2 nitrogen and oxygen atoms in total. The number of fused-ring (bicyclic) bond motifs is 4. The van der Waals surface area contributed by atoms with E-state index in [-0.39, 0.29) is 5.41 Å². The van der Waals surface area contributed by atoms with Crippen molar-refractivity contribution in [3.63, 3.8) is 0 Å². The Hall–Kier alpha value is -1.28. The average Bonchev–Trinajstić information content (AvgIpc) is 2.86. The lowest BCUT2D eigenvalue weighted by Crippen LogP contribution is -2.36. The fourth-order valence-electron chi connectivity index (χ4n) is 3.75. The monoisotopic (exact) mass is 242 g/mol. The molecule has 0 aromatic heterocycles. The van der Waals surface area contributed by atoms with Crippen molar-refractivity contribution in [1.82, 2.24) is 0 Å². The number of rotatable bonds is 0. The van der Waals surface area contributed by atoms with Gasteiger partial charge in [0.1, 0.15) is 5.75 Å². The zero-order valence-electron chi connectivity index (χ0n) is 10.7. The van der Waals surface area contributed by atoms with E-state index in [2.05, 4.69) is 31.2 Å². The number of ether oxygens (including phenoxy) is 2. The predicted molar refractivity (Wildman–Crippen MR) is 70.5 cm³/mol. The fourth-order valence-corrected chi connectivity index (χ4v) is 3.75. The van der Waals surface area contributed by atoms with E-state index >= 15 is 0 Å². The van der Waals surface area contributed by atoms with E-state index in [1.165, 1.54) is 24.0 Å². The zero-order valence-corrected chi connectivity index (χ0v) is 10.7. The topological polar surface area (TPSA) is 18.5 Å². The van der Waals surface area contributed by atoms with Crippen LogP contribution in [0.4, 0.5) is 0 Å². The Morgan fingerprint density at radius 2 is 2.17 bits per heavy atom. The molecule has 0 saturated carbocycles. The third-order valence-electron chi connectivity index (χ3n) is 4.74. The van der Waals surface area contributed by atoms with Gasteiger partial charge in [-0.25, -0.2) is 0 Å². The van der Waals surface area contributed by atoms with Gasteiger partial charge in [-0.1, -0.05) is 25.1 Å². The first-order valence-corrected chi connectivity index (χ1v) is 6.81. The van der Waals surface area contributed by atoms with Crippen LogP contribution < -0.4 is 4.74 Å². The molecule has 2 heterocycles. The minimum atomic E-state index is 0.188. The first-order valence-electron chi connectivity index (χ1n) is 6.81. The van der Waals surface area contributed by atoms with Crippen molar-refractivity contribution < 1.29 is 9.47 Å². The lowest BCUT2D eigenvalue weighted by molar-refractivity contribution is 0.163. The molecule has 1 saturated heterocycles. The van der Waals surface area contributed by atoms with Gasteiger partial charge < -0.3 is 9.47 Å². The van der Waals surface area contributed by atoms with E-state index in [4.69, 9.17) is 9.47 Å². The third-order valence-corrected chi connectivity index (χ3v) is 4.74. The molecule has 2 aliphatic heterocycles. The normalized spacial score (nSPS) is 33.5. The summed E-state index contributed by atoms with van der Waals surface area (Å²) in [6.07, 6.45) is 2.47. The molecule has 0 N–H and O–H groups in total. The highest BCUT2D eigenvalue weighted by molar-refractivity contribution is 5.79. The van der Waals surface area contributed by atoms with Gasteiger partial charge in [0.05, 0.1) is 19.8 Å². The van der Waals surface area contributed by atoms with Gasteiger partial charge in [-0.15, -0.1) is 0 Å². The maximum absolute atomic E-state index is 5.97. The van der Waals surface area contributed by atoms with Crippen LogP contribution in [0.2, 0.25) is 0 Å². The predicted octanol–water partition coefficient (Wildman–Crippen LogP) is 3.28. The van der Waals surface area contributed by atoms with Crippen LogP contribution in [0.3, 0.4) is 0 Å². The Bertz CT molecular complexity index is 532. The SMILES string of the molecule is C[C@]12CC[C@H]3COCC3=C1c1ccccc1OC2. The molecule has 18 heavy (non-hydrogen) atoms. The summed E-state index contributed by atoms with van der Waals surface area (Å²) in [5.41, 5.74) is 4.56. The molecular weight excluding hydrogens is 224 g/mol. The van der Waals surface area contributed by atoms with Crippen LogP contribution in [0.15, 0.2) is 29.8 Å². The van der Waals surface area contributed by atoms with E-state index in [9.17, 15) is 0 Å². The molecule has 1 aliphatic carbocycles. The quantitative estimate of drug-likeness (QED) is 0.695. The second kappa shape index (κ2) is 3.61. The van der Waals surface area contributed by atoms with Gasteiger partial charge in [0.2, 0.25) is 0 Å². The Labute approximate surface area is 108 Å². The Morgan fingerprint density at radius 1 is 1.28 bits per heavy atom. The van der Waals surface area contributed by atoms with E-state index in [0.29, 0.717) is 5.92 Å². The molecule has 2 heteroatoms. The lowest BCUT2D eigenvalue weighted by atomic mass is 9.65. The highest BCUT2D eigenvalue weighted by Crippen LogP contribution is 2.54. The van der Waals surface area contributed by atoms with E-state index in [0.717, 1.165) is 25.6 Å².